The molecule has 0 saturated heterocycles. The SMILES string of the molecule is CC1(O)c2ncccc2C(=O)N1c1cnn(CC(F)(F)F)c1. The molecule has 0 aromatic carbocycles. The monoisotopic (exact) mass is 312 g/mol. The molecule has 116 valence electrons. The van der Waals surface area contributed by atoms with Crippen molar-refractivity contribution < 1.29 is 23.1 Å². The van der Waals surface area contributed by atoms with E-state index >= 15 is 0 Å². The zero-order chi connectivity index (χ0) is 16.1. The zero-order valence-corrected chi connectivity index (χ0v) is 11.4. The fourth-order valence-electron chi connectivity index (χ4n) is 2.49. The van der Waals surface area contributed by atoms with Gasteiger partial charge in [0.05, 0.1) is 17.4 Å². The molecule has 3 rings (SSSR count). The fourth-order valence-corrected chi connectivity index (χ4v) is 2.49. The third kappa shape index (κ3) is 2.23. The van der Waals surface area contributed by atoms with Gasteiger partial charge >= 0.3 is 6.18 Å². The van der Waals surface area contributed by atoms with Crippen molar-refractivity contribution in [3.8, 4) is 0 Å². The highest BCUT2D eigenvalue weighted by Crippen LogP contribution is 2.38. The summed E-state index contributed by atoms with van der Waals surface area (Å²) in [6.45, 7) is 0.0766. The number of amides is 1. The number of halogens is 3. The van der Waals surface area contributed by atoms with Crippen LogP contribution in [0.4, 0.5) is 18.9 Å². The van der Waals surface area contributed by atoms with E-state index in [0.29, 0.717) is 4.68 Å². The second-order valence-electron chi connectivity index (χ2n) is 5.07. The summed E-state index contributed by atoms with van der Waals surface area (Å²) >= 11 is 0. The molecule has 22 heavy (non-hydrogen) atoms. The summed E-state index contributed by atoms with van der Waals surface area (Å²) in [7, 11) is 0. The standard InChI is InChI=1S/C13H11F3N4O2/c1-12(22)10-9(3-2-4-17-10)11(21)20(12)8-5-18-19(6-8)7-13(14,15)16/h2-6,22H,7H2,1H3. The van der Waals surface area contributed by atoms with Crippen LogP contribution in [0.3, 0.4) is 0 Å². The van der Waals surface area contributed by atoms with Crippen molar-refractivity contribution in [1.29, 1.82) is 0 Å². The Morgan fingerprint density at radius 2 is 2.14 bits per heavy atom. The van der Waals surface area contributed by atoms with E-state index in [1.807, 2.05) is 0 Å². The normalized spacial score (nSPS) is 21.3. The van der Waals surface area contributed by atoms with Crippen LogP contribution >= 0.6 is 0 Å². The Balaban J connectivity index is 1.98. The number of aliphatic hydroxyl groups is 1. The maximum atomic E-state index is 12.4. The molecule has 0 aliphatic carbocycles. The van der Waals surface area contributed by atoms with E-state index in [1.165, 1.54) is 19.2 Å². The molecule has 0 bridgehead atoms. The van der Waals surface area contributed by atoms with Gasteiger partial charge in [0.1, 0.15) is 12.2 Å². The van der Waals surface area contributed by atoms with E-state index in [9.17, 15) is 23.1 Å². The van der Waals surface area contributed by atoms with E-state index in [0.717, 1.165) is 17.3 Å². The first kappa shape index (κ1) is 14.5. The Bertz CT molecular complexity index is 739. The van der Waals surface area contributed by atoms with Crippen molar-refractivity contribution >= 4 is 11.6 Å². The summed E-state index contributed by atoms with van der Waals surface area (Å²) in [6, 6.07) is 3.04. The number of nitrogens with zero attached hydrogens (tertiary/aromatic N) is 4. The number of fused-ring (bicyclic) bond motifs is 1. The van der Waals surface area contributed by atoms with Crippen LogP contribution in [0.25, 0.3) is 0 Å². The van der Waals surface area contributed by atoms with Crippen molar-refractivity contribution in [2.45, 2.75) is 25.4 Å². The highest BCUT2D eigenvalue weighted by molar-refractivity contribution is 6.11. The highest BCUT2D eigenvalue weighted by Gasteiger charge is 2.47. The van der Waals surface area contributed by atoms with Gasteiger partial charge in [-0.05, 0) is 19.1 Å². The Kier molecular flexibility index (Phi) is 2.99. The predicted octanol–water partition coefficient (Wildman–Crippen LogP) is 1.67. The van der Waals surface area contributed by atoms with Crippen LogP contribution in [-0.4, -0.2) is 32.0 Å². The quantitative estimate of drug-likeness (QED) is 0.915. The number of carbonyl (C=O) groups is 1. The fraction of sp³-hybridized carbons (Fsp3) is 0.308. The number of carbonyl (C=O) groups excluding carboxylic acids is 1. The van der Waals surface area contributed by atoms with Gasteiger partial charge in [-0.3, -0.25) is 19.4 Å². The lowest BCUT2D eigenvalue weighted by molar-refractivity contribution is -0.142. The van der Waals surface area contributed by atoms with Crippen LogP contribution in [0.15, 0.2) is 30.7 Å². The Hall–Kier alpha value is -2.42. The minimum atomic E-state index is -4.43. The number of hydrogen-bond acceptors (Lipinski definition) is 4. The summed E-state index contributed by atoms with van der Waals surface area (Å²) in [5.41, 5.74) is -1.32. The maximum absolute atomic E-state index is 12.4. The van der Waals surface area contributed by atoms with Gasteiger partial charge in [-0.1, -0.05) is 0 Å². The molecule has 1 N–H and O–H groups in total. The minimum Gasteiger partial charge on any atom is -0.365 e. The molecule has 1 aliphatic heterocycles. The van der Waals surface area contributed by atoms with Gasteiger partial charge in [0.15, 0.2) is 5.72 Å². The van der Waals surface area contributed by atoms with Gasteiger partial charge in [0.2, 0.25) is 0 Å². The molecule has 3 heterocycles. The second-order valence-corrected chi connectivity index (χ2v) is 5.07. The Morgan fingerprint density at radius 1 is 1.41 bits per heavy atom. The molecule has 1 unspecified atom stereocenters. The second kappa shape index (κ2) is 4.54. The number of pyridine rings is 1. The summed E-state index contributed by atoms with van der Waals surface area (Å²) in [4.78, 5) is 17.3. The molecule has 0 saturated carbocycles. The first-order valence-corrected chi connectivity index (χ1v) is 6.32. The van der Waals surface area contributed by atoms with Gasteiger partial charge in [0.25, 0.3) is 5.91 Å². The number of hydrogen-bond donors (Lipinski definition) is 1. The van der Waals surface area contributed by atoms with E-state index in [1.54, 1.807) is 6.07 Å². The third-order valence-corrected chi connectivity index (χ3v) is 3.34. The van der Waals surface area contributed by atoms with E-state index < -0.39 is 24.4 Å². The summed E-state index contributed by atoms with van der Waals surface area (Å²) in [5.74, 6) is -0.542. The Morgan fingerprint density at radius 3 is 2.77 bits per heavy atom. The van der Waals surface area contributed by atoms with Crippen molar-refractivity contribution in [1.82, 2.24) is 14.8 Å². The molecule has 0 spiro atoms. The minimum absolute atomic E-state index is 0.0669. The molecule has 1 atom stereocenters. The average Bonchev–Trinajstić information content (AvgIpc) is 2.91. The number of rotatable bonds is 2. The van der Waals surface area contributed by atoms with Gasteiger partial charge in [0, 0.05) is 12.4 Å². The number of alkyl halides is 3. The molecule has 1 amide bonds. The molecule has 0 fully saturated rings. The van der Waals surface area contributed by atoms with Gasteiger partial charge in [-0.25, -0.2) is 0 Å². The first-order chi connectivity index (χ1) is 10.2. The highest BCUT2D eigenvalue weighted by atomic mass is 19.4. The van der Waals surface area contributed by atoms with Gasteiger partial charge in [-0.15, -0.1) is 0 Å². The van der Waals surface area contributed by atoms with Crippen LogP contribution in [0.2, 0.25) is 0 Å². The largest absolute Gasteiger partial charge is 0.408 e. The van der Waals surface area contributed by atoms with Crippen LogP contribution < -0.4 is 4.90 Å². The van der Waals surface area contributed by atoms with Crippen molar-refractivity contribution in [3.05, 3.63) is 42.0 Å². The average molecular weight is 312 g/mol. The van der Waals surface area contributed by atoms with Crippen LogP contribution in [0.1, 0.15) is 23.0 Å². The smallest absolute Gasteiger partial charge is 0.365 e. The lowest BCUT2D eigenvalue weighted by Gasteiger charge is -2.28. The first-order valence-electron chi connectivity index (χ1n) is 6.32. The maximum Gasteiger partial charge on any atom is 0.408 e. The molecular formula is C13H11F3N4O2. The molecule has 2 aromatic heterocycles. The molecular weight excluding hydrogens is 301 g/mol. The van der Waals surface area contributed by atoms with Gasteiger partial charge in [-0.2, -0.15) is 18.3 Å². The van der Waals surface area contributed by atoms with E-state index in [4.69, 9.17) is 0 Å². The molecule has 6 nitrogen and oxygen atoms in total. The van der Waals surface area contributed by atoms with Crippen molar-refractivity contribution in [2.24, 2.45) is 0 Å². The third-order valence-electron chi connectivity index (χ3n) is 3.34. The van der Waals surface area contributed by atoms with Crippen LogP contribution in [0, 0.1) is 0 Å². The van der Waals surface area contributed by atoms with Gasteiger partial charge < -0.3 is 5.11 Å². The van der Waals surface area contributed by atoms with E-state index in [2.05, 4.69) is 10.1 Å². The predicted molar refractivity (Wildman–Crippen MR) is 68.9 cm³/mol. The lowest BCUT2D eigenvalue weighted by atomic mass is 10.1. The number of aromatic nitrogens is 3. The van der Waals surface area contributed by atoms with E-state index in [-0.39, 0.29) is 16.9 Å². The summed E-state index contributed by atoms with van der Waals surface area (Å²) in [5, 5.41) is 14.1. The topological polar surface area (TPSA) is 71.2 Å². The zero-order valence-electron chi connectivity index (χ0n) is 11.4. The van der Waals surface area contributed by atoms with Crippen LogP contribution in [0.5, 0.6) is 0 Å². The molecule has 1 aliphatic rings. The molecule has 0 radical (unpaired) electrons. The van der Waals surface area contributed by atoms with Crippen molar-refractivity contribution in [2.75, 3.05) is 4.90 Å². The summed E-state index contributed by atoms with van der Waals surface area (Å²) < 4.78 is 37.8. The molecule has 9 heteroatoms. The summed E-state index contributed by atoms with van der Waals surface area (Å²) in [6.07, 6.45) is -0.835. The van der Waals surface area contributed by atoms with Crippen LogP contribution in [-0.2, 0) is 12.3 Å². The van der Waals surface area contributed by atoms with Crippen molar-refractivity contribution in [3.63, 3.8) is 0 Å². The number of anilines is 1. The lowest BCUT2D eigenvalue weighted by Crippen LogP contribution is -2.41. The Labute approximate surface area is 122 Å². The molecule has 2 aromatic rings.